The Morgan fingerprint density at radius 1 is 0.837 bits per heavy atom. The molecule has 5 heteroatoms. The van der Waals surface area contributed by atoms with Crippen LogP contribution in [0.4, 0.5) is 0 Å². The van der Waals surface area contributed by atoms with Crippen molar-refractivity contribution in [2.24, 2.45) is 5.92 Å². The summed E-state index contributed by atoms with van der Waals surface area (Å²) in [5.41, 5.74) is 8.46. The molecule has 4 aromatic rings. The fourth-order valence-electron chi connectivity index (χ4n) is 7.91. The molecular formula is C38H41N3O2. The van der Waals surface area contributed by atoms with E-state index in [4.69, 9.17) is 0 Å². The van der Waals surface area contributed by atoms with E-state index in [0.717, 1.165) is 71.1 Å². The van der Waals surface area contributed by atoms with Gasteiger partial charge in [0.25, 0.3) is 5.91 Å². The van der Waals surface area contributed by atoms with Gasteiger partial charge in [0, 0.05) is 46.8 Å². The second-order valence-electron chi connectivity index (χ2n) is 13.0. The summed E-state index contributed by atoms with van der Waals surface area (Å²) < 4.78 is 0. The lowest BCUT2D eigenvalue weighted by atomic mass is 9.84. The van der Waals surface area contributed by atoms with Gasteiger partial charge in [0.15, 0.2) is 5.78 Å². The number of hydrogen-bond acceptors (Lipinski definition) is 4. The van der Waals surface area contributed by atoms with Crippen molar-refractivity contribution in [1.82, 2.24) is 15.2 Å². The zero-order valence-corrected chi connectivity index (χ0v) is 25.3. The SMILES string of the molecule is Cc1ccc2c(C(=O)N[C@H]3CC[C@H](CCN4[C@@H]5CC[C@H]4c4ccc(C(=O)Cc6ccccc6)cc45)CC3)ccc(C)c2n1. The minimum absolute atomic E-state index is 0.0205. The molecule has 0 radical (unpaired) electrons. The van der Waals surface area contributed by atoms with Crippen LogP contribution >= 0.6 is 0 Å². The van der Waals surface area contributed by atoms with Crippen LogP contribution in [0, 0.1) is 19.8 Å². The molecule has 1 saturated heterocycles. The van der Waals surface area contributed by atoms with Crippen LogP contribution < -0.4 is 5.32 Å². The van der Waals surface area contributed by atoms with Gasteiger partial charge in [-0.1, -0.05) is 54.6 Å². The normalized spacial score (nSPS) is 22.9. The monoisotopic (exact) mass is 571 g/mol. The summed E-state index contributed by atoms with van der Waals surface area (Å²) in [7, 11) is 0. The van der Waals surface area contributed by atoms with Crippen molar-refractivity contribution in [3.8, 4) is 0 Å². The molecule has 5 nitrogen and oxygen atoms in total. The summed E-state index contributed by atoms with van der Waals surface area (Å²) in [6.45, 7) is 5.15. The first kappa shape index (κ1) is 28.0. The highest BCUT2D eigenvalue weighted by Gasteiger charge is 2.43. The first-order valence-corrected chi connectivity index (χ1v) is 16.1. The summed E-state index contributed by atoms with van der Waals surface area (Å²) >= 11 is 0. The number of carbonyl (C=O) groups excluding carboxylic acids is 2. The van der Waals surface area contributed by atoms with E-state index in [1.54, 1.807) is 0 Å². The number of benzene rings is 3. The van der Waals surface area contributed by atoms with Crippen LogP contribution in [0.5, 0.6) is 0 Å². The van der Waals surface area contributed by atoms with E-state index < -0.39 is 0 Å². The highest BCUT2D eigenvalue weighted by Crippen LogP contribution is 2.53. The lowest BCUT2D eigenvalue weighted by Gasteiger charge is -2.31. The highest BCUT2D eigenvalue weighted by atomic mass is 16.1. The van der Waals surface area contributed by atoms with Gasteiger partial charge in [0.2, 0.25) is 0 Å². The predicted molar refractivity (Wildman–Crippen MR) is 171 cm³/mol. The minimum Gasteiger partial charge on any atom is -0.349 e. The molecule has 2 fully saturated rings. The van der Waals surface area contributed by atoms with Crippen molar-refractivity contribution in [2.75, 3.05) is 6.54 Å². The van der Waals surface area contributed by atoms with Crippen LogP contribution in [0.3, 0.4) is 0 Å². The smallest absolute Gasteiger partial charge is 0.252 e. The van der Waals surface area contributed by atoms with Gasteiger partial charge in [-0.2, -0.15) is 0 Å². The molecule has 220 valence electrons. The van der Waals surface area contributed by atoms with Gasteiger partial charge in [0.05, 0.1) is 5.52 Å². The standard InChI is InChI=1S/C38H41N3O2/c1-24-8-15-32(31-16-9-25(2)39-37(24)31)38(43)40-29-13-10-26(11-14-29)20-21-41-34-18-19-35(41)33-23-28(12-17-30(33)34)36(42)22-27-6-4-3-5-7-27/h3-9,12,15-17,23,26,29,34-35H,10-11,13-14,18-22H2,1-2H3,(H,40,43)/t26-,29-,34-,35+/m0/s1. The molecule has 3 heterocycles. The van der Waals surface area contributed by atoms with E-state index in [9.17, 15) is 9.59 Å². The molecule has 43 heavy (non-hydrogen) atoms. The Morgan fingerprint density at radius 2 is 1.60 bits per heavy atom. The van der Waals surface area contributed by atoms with E-state index in [0.29, 0.717) is 24.4 Å². The van der Waals surface area contributed by atoms with E-state index in [1.807, 2.05) is 61.5 Å². The minimum atomic E-state index is 0.0205. The van der Waals surface area contributed by atoms with Crippen LogP contribution in [0.2, 0.25) is 0 Å². The molecule has 1 aromatic heterocycles. The fraction of sp³-hybridized carbons (Fsp3) is 0.395. The Labute approximate surface area is 254 Å². The Morgan fingerprint density at radius 3 is 2.40 bits per heavy atom. The topological polar surface area (TPSA) is 62.3 Å². The molecular weight excluding hydrogens is 530 g/mol. The van der Waals surface area contributed by atoms with Crippen LogP contribution in [0.1, 0.15) is 106 Å². The Balaban J connectivity index is 0.929. The van der Waals surface area contributed by atoms with Crippen molar-refractivity contribution in [3.63, 3.8) is 0 Å². The third kappa shape index (κ3) is 5.51. The van der Waals surface area contributed by atoms with Gasteiger partial charge in [-0.15, -0.1) is 0 Å². The molecule has 1 aliphatic carbocycles. The van der Waals surface area contributed by atoms with Crippen molar-refractivity contribution in [2.45, 2.75) is 83.3 Å². The largest absolute Gasteiger partial charge is 0.349 e. The molecule has 2 aliphatic heterocycles. The third-order valence-electron chi connectivity index (χ3n) is 10.3. The number of nitrogens with zero attached hydrogens (tertiary/aromatic N) is 2. The van der Waals surface area contributed by atoms with Crippen LogP contribution in [-0.4, -0.2) is 34.2 Å². The summed E-state index contributed by atoms with van der Waals surface area (Å²) in [4.78, 5) is 33.7. The molecule has 3 aromatic carbocycles. The van der Waals surface area contributed by atoms with E-state index in [1.165, 1.54) is 30.4 Å². The Hall–Kier alpha value is -3.83. The first-order chi connectivity index (χ1) is 20.9. The number of hydrogen-bond donors (Lipinski definition) is 1. The van der Waals surface area contributed by atoms with Gasteiger partial charge >= 0.3 is 0 Å². The number of nitrogens with one attached hydrogen (secondary N) is 1. The zero-order chi connectivity index (χ0) is 29.5. The van der Waals surface area contributed by atoms with Crippen LogP contribution in [0.15, 0.2) is 72.8 Å². The number of amides is 1. The second-order valence-corrected chi connectivity index (χ2v) is 13.0. The number of rotatable bonds is 8. The summed E-state index contributed by atoms with van der Waals surface area (Å²) in [5, 5.41) is 4.28. The summed E-state index contributed by atoms with van der Waals surface area (Å²) in [6, 6.07) is 25.7. The number of Topliss-reactive ketones (excluding diaryl/α,β-unsaturated/α-hetero) is 1. The lowest BCUT2D eigenvalue weighted by Crippen LogP contribution is -2.38. The number of pyridine rings is 1. The van der Waals surface area contributed by atoms with Gasteiger partial charge in [-0.3, -0.25) is 19.5 Å². The van der Waals surface area contributed by atoms with Crippen LogP contribution in [0.25, 0.3) is 10.9 Å². The average molecular weight is 572 g/mol. The third-order valence-corrected chi connectivity index (χ3v) is 10.3. The highest BCUT2D eigenvalue weighted by molar-refractivity contribution is 6.07. The maximum atomic E-state index is 13.3. The summed E-state index contributed by atoms with van der Waals surface area (Å²) in [5.74, 6) is 0.924. The maximum Gasteiger partial charge on any atom is 0.252 e. The molecule has 1 saturated carbocycles. The lowest BCUT2D eigenvalue weighted by molar-refractivity contribution is 0.0919. The second kappa shape index (κ2) is 11.7. The molecule has 0 spiro atoms. The Bertz CT molecular complexity index is 1670. The van der Waals surface area contributed by atoms with Gasteiger partial charge in [0.1, 0.15) is 0 Å². The quantitative estimate of drug-likeness (QED) is 0.219. The number of fused-ring (bicyclic) bond motifs is 6. The van der Waals surface area contributed by atoms with Crippen LogP contribution in [-0.2, 0) is 6.42 Å². The van der Waals surface area contributed by atoms with Crippen molar-refractivity contribution < 1.29 is 9.59 Å². The van der Waals surface area contributed by atoms with Crippen molar-refractivity contribution in [1.29, 1.82) is 0 Å². The maximum absolute atomic E-state index is 13.3. The fourth-order valence-corrected chi connectivity index (χ4v) is 7.91. The molecule has 1 N–H and O–H groups in total. The van der Waals surface area contributed by atoms with Gasteiger partial charge < -0.3 is 5.32 Å². The molecule has 3 aliphatic rings. The predicted octanol–water partition coefficient (Wildman–Crippen LogP) is 7.85. The first-order valence-electron chi connectivity index (χ1n) is 16.1. The number of carbonyl (C=O) groups is 2. The summed E-state index contributed by atoms with van der Waals surface area (Å²) in [6.07, 6.45) is 8.47. The molecule has 2 atom stereocenters. The zero-order valence-electron chi connectivity index (χ0n) is 25.3. The number of ketones is 1. The molecule has 0 unspecified atom stereocenters. The number of aryl methyl sites for hydroxylation is 2. The van der Waals surface area contributed by atoms with E-state index in [2.05, 4.69) is 40.3 Å². The van der Waals surface area contributed by atoms with Gasteiger partial charge in [-0.25, -0.2) is 0 Å². The molecule has 1 amide bonds. The number of aromatic nitrogens is 1. The van der Waals surface area contributed by atoms with Crippen molar-refractivity contribution in [3.05, 3.63) is 112 Å². The van der Waals surface area contributed by atoms with Gasteiger partial charge in [-0.05, 0) is 112 Å². The Kier molecular flexibility index (Phi) is 7.60. The van der Waals surface area contributed by atoms with Crippen molar-refractivity contribution >= 4 is 22.6 Å². The average Bonchev–Trinajstić information content (AvgIpc) is 3.57. The van der Waals surface area contributed by atoms with E-state index in [-0.39, 0.29) is 17.7 Å². The van der Waals surface area contributed by atoms with E-state index >= 15 is 0 Å². The molecule has 7 rings (SSSR count). The molecule has 2 bridgehead atoms.